The number of thiocarbonyl (C=S) groups is 1. The van der Waals surface area contributed by atoms with E-state index in [2.05, 4.69) is 4.74 Å². The Balaban J connectivity index is 1.92. The first-order valence-corrected chi connectivity index (χ1v) is 9.34. The third-order valence-corrected chi connectivity index (χ3v) is 5.42. The van der Waals surface area contributed by atoms with E-state index in [9.17, 15) is 19.5 Å². The van der Waals surface area contributed by atoms with E-state index in [1.54, 1.807) is 43.3 Å². The van der Waals surface area contributed by atoms with Crippen LogP contribution >= 0.6 is 24.0 Å². The van der Waals surface area contributed by atoms with E-state index >= 15 is 0 Å². The van der Waals surface area contributed by atoms with Crippen molar-refractivity contribution in [1.29, 1.82) is 0 Å². The Morgan fingerprint density at radius 2 is 1.79 bits per heavy atom. The van der Waals surface area contributed by atoms with E-state index in [1.807, 2.05) is 0 Å². The predicted molar refractivity (Wildman–Crippen MR) is 112 cm³/mol. The first-order chi connectivity index (χ1) is 13.3. The fourth-order valence-electron chi connectivity index (χ4n) is 2.64. The summed E-state index contributed by atoms with van der Waals surface area (Å²) in [6.45, 7) is 1.79. The topological polar surface area (TPSA) is 83.9 Å². The lowest BCUT2D eigenvalue weighted by atomic mass is 10.1. The van der Waals surface area contributed by atoms with Crippen molar-refractivity contribution in [2.24, 2.45) is 0 Å². The Hall–Kier alpha value is -2.97. The number of carboxylic acids is 1. The molecule has 142 valence electrons. The van der Waals surface area contributed by atoms with Gasteiger partial charge >= 0.3 is 11.9 Å². The molecule has 1 saturated heterocycles. The number of ether oxygens (including phenoxy) is 1. The smallest absolute Gasteiger partial charge is 0.337 e. The molecule has 1 N–H and O–H groups in total. The minimum absolute atomic E-state index is 0.0806. The molecule has 0 bridgehead atoms. The van der Waals surface area contributed by atoms with Gasteiger partial charge in [0.15, 0.2) is 4.32 Å². The number of carbonyl (C=O) groups excluding carboxylic acids is 2. The molecule has 1 amide bonds. The van der Waals surface area contributed by atoms with Gasteiger partial charge in [-0.2, -0.15) is 0 Å². The molecule has 0 aliphatic carbocycles. The number of hydrogen-bond acceptors (Lipinski definition) is 6. The number of methoxy groups -OCH3 is 1. The average molecular weight is 413 g/mol. The third kappa shape index (κ3) is 3.83. The summed E-state index contributed by atoms with van der Waals surface area (Å²) >= 11 is 6.49. The van der Waals surface area contributed by atoms with Crippen LogP contribution in [0.5, 0.6) is 0 Å². The van der Waals surface area contributed by atoms with Gasteiger partial charge in [-0.15, -0.1) is 0 Å². The van der Waals surface area contributed by atoms with Crippen LogP contribution in [0.1, 0.15) is 31.8 Å². The van der Waals surface area contributed by atoms with Crippen LogP contribution in [-0.2, 0) is 9.53 Å². The fourth-order valence-corrected chi connectivity index (χ4v) is 3.93. The summed E-state index contributed by atoms with van der Waals surface area (Å²) in [7, 11) is 1.31. The number of esters is 1. The van der Waals surface area contributed by atoms with Gasteiger partial charge in [0.05, 0.1) is 28.8 Å². The number of carboxylic acid groups (broad SMARTS) is 1. The van der Waals surface area contributed by atoms with Crippen molar-refractivity contribution in [3.05, 3.63) is 69.6 Å². The maximum atomic E-state index is 12.9. The fraction of sp³-hybridized carbons (Fsp3) is 0.100. The summed E-state index contributed by atoms with van der Waals surface area (Å²) in [6.07, 6.45) is 1.68. The number of anilines is 1. The Labute approximate surface area is 170 Å². The summed E-state index contributed by atoms with van der Waals surface area (Å²) in [5.74, 6) is -1.84. The van der Waals surface area contributed by atoms with E-state index in [0.29, 0.717) is 20.5 Å². The zero-order valence-corrected chi connectivity index (χ0v) is 16.6. The van der Waals surface area contributed by atoms with Crippen molar-refractivity contribution >= 4 is 57.9 Å². The van der Waals surface area contributed by atoms with Crippen molar-refractivity contribution in [3.8, 4) is 0 Å². The summed E-state index contributed by atoms with van der Waals surface area (Å²) in [5.41, 5.74) is 2.41. The molecule has 3 rings (SSSR count). The van der Waals surface area contributed by atoms with Crippen molar-refractivity contribution in [3.63, 3.8) is 0 Å². The molecule has 2 aromatic carbocycles. The van der Waals surface area contributed by atoms with E-state index in [-0.39, 0.29) is 11.5 Å². The molecule has 1 aliphatic heterocycles. The minimum Gasteiger partial charge on any atom is -0.478 e. The van der Waals surface area contributed by atoms with Crippen LogP contribution in [0, 0.1) is 6.92 Å². The number of carbonyl (C=O) groups is 3. The second kappa shape index (κ2) is 7.95. The maximum Gasteiger partial charge on any atom is 0.337 e. The van der Waals surface area contributed by atoms with Gasteiger partial charge in [-0.05, 0) is 48.4 Å². The van der Waals surface area contributed by atoms with Gasteiger partial charge in [-0.25, -0.2) is 9.59 Å². The second-order valence-corrected chi connectivity index (χ2v) is 7.61. The Bertz CT molecular complexity index is 1030. The van der Waals surface area contributed by atoms with Gasteiger partial charge in [0, 0.05) is 0 Å². The Kier molecular flexibility index (Phi) is 5.62. The van der Waals surface area contributed by atoms with Crippen molar-refractivity contribution < 1.29 is 24.2 Å². The van der Waals surface area contributed by atoms with Gasteiger partial charge in [0.2, 0.25) is 0 Å². The number of rotatable bonds is 4. The zero-order chi connectivity index (χ0) is 20.4. The number of hydrogen-bond donors (Lipinski definition) is 1. The van der Waals surface area contributed by atoms with Crippen molar-refractivity contribution in [2.75, 3.05) is 12.0 Å². The number of aromatic carboxylic acids is 1. The molecule has 0 aromatic heterocycles. The number of amides is 1. The minimum atomic E-state index is -1.08. The molecular weight excluding hydrogens is 398 g/mol. The lowest BCUT2D eigenvalue weighted by molar-refractivity contribution is -0.113. The average Bonchev–Trinajstić information content (AvgIpc) is 2.95. The standard InChI is InChI=1S/C20H15NO5S2/c1-11-3-6-14(18(23)24)10-15(11)21-17(22)16(28-20(21)27)9-12-4-7-13(8-5-12)19(25)26-2/h3-10H,1-2H3,(H,23,24)/b16-9-. The molecule has 0 radical (unpaired) electrons. The second-order valence-electron chi connectivity index (χ2n) is 5.94. The van der Waals surface area contributed by atoms with E-state index in [4.69, 9.17) is 12.2 Å². The molecule has 1 aliphatic rings. The van der Waals surface area contributed by atoms with Crippen LogP contribution < -0.4 is 4.90 Å². The van der Waals surface area contributed by atoms with Crippen LogP contribution in [0.3, 0.4) is 0 Å². The molecule has 2 aromatic rings. The molecule has 0 unspecified atom stereocenters. The molecule has 28 heavy (non-hydrogen) atoms. The van der Waals surface area contributed by atoms with Crippen LogP contribution in [-0.4, -0.2) is 34.4 Å². The molecule has 0 saturated carbocycles. The first kappa shape index (κ1) is 19.8. The molecule has 1 heterocycles. The molecule has 0 atom stereocenters. The van der Waals surface area contributed by atoms with Gasteiger partial charge in [0.1, 0.15) is 0 Å². The molecular formula is C20H15NO5S2. The highest BCUT2D eigenvalue weighted by molar-refractivity contribution is 8.27. The summed E-state index contributed by atoms with van der Waals surface area (Å²) in [4.78, 5) is 37.4. The number of aryl methyl sites for hydroxylation is 1. The normalized spacial score (nSPS) is 15.2. The number of benzene rings is 2. The largest absolute Gasteiger partial charge is 0.478 e. The number of thioether (sulfide) groups is 1. The van der Waals surface area contributed by atoms with Crippen LogP contribution in [0.15, 0.2) is 47.4 Å². The molecule has 0 spiro atoms. The monoisotopic (exact) mass is 413 g/mol. The molecule has 1 fully saturated rings. The summed E-state index contributed by atoms with van der Waals surface area (Å²) in [6, 6.07) is 11.2. The highest BCUT2D eigenvalue weighted by atomic mass is 32.2. The van der Waals surface area contributed by atoms with Gasteiger partial charge < -0.3 is 9.84 Å². The predicted octanol–water partition coefficient (Wildman–Crippen LogP) is 3.89. The lowest BCUT2D eigenvalue weighted by Gasteiger charge is -2.17. The summed E-state index contributed by atoms with van der Waals surface area (Å²) < 4.78 is 4.99. The molecule has 6 nitrogen and oxygen atoms in total. The van der Waals surface area contributed by atoms with Gasteiger partial charge in [-0.3, -0.25) is 9.69 Å². The number of nitrogens with zero attached hydrogens (tertiary/aromatic N) is 1. The highest BCUT2D eigenvalue weighted by Crippen LogP contribution is 2.37. The maximum absolute atomic E-state index is 12.9. The molecule has 8 heteroatoms. The SMILES string of the molecule is COC(=O)c1ccc(/C=C2\SC(=S)N(c3cc(C(=O)O)ccc3C)C2=O)cc1. The van der Waals surface area contributed by atoms with Gasteiger partial charge in [0.25, 0.3) is 5.91 Å². The van der Waals surface area contributed by atoms with Gasteiger partial charge in [-0.1, -0.05) is 42.2 Å². The highest BCUT2D eigenvalue weighted by Gasteiger charge is 2.34. The third-order valence-electron chi connectivity index (χ3n) is 4.12. The summed E-state index contributed by atoms with van der Waals surface area (Å²) in [5, 5.41) is 9.22. The zero-order valence-electron chi connectivity index (χ0n) is 15.0. The first-order valence-electron chi connectivity index (χ1n) is 8.12. The van der Waals surface area contributed by atoms with Crippen molar-refractivity contribution in [1.82, 2.24) is 0 Å². The lowest BCUT2D eigenvalue weighted by Crippen LogP contribution is -2.28. The van der Waals surface area contributed by atoms with Crippen LogP contribution in [0.4, 0.5) is 5.69 Å². The van der Waals surface area contributed by atoms with Crippen LogP contribution in [0.2, 0.25) is 0 Å². The van der Waals surface area contributed by atoms with E-state index < -0.39 is 11.9 Å². The quantitative estimate of drug-likeness (QED) is 0.462. The van der Waals surface area contributed by atoms with E-state index in [1.165, 1.54) is 24.1 Å². The van der Waals surface area contributed by atoms with Crippen LogP contribution in [0.25, 0.3) is 6.08 Å². The van der Waals surface area contributed by atoms with E-state index in [0.717, 1.165) is 22.9 Å². The Morgan fingerprint density at radius 1 is 1.14 bits per heavy atom. The Morgan fingerprint density at radius 3 is 2.39 bits per heavy atom. The van der Waals surface area contributed by atoms with Crippen molar-refractivity contribution in [2.45, 2.75) is 6.92 Å².